The second kappa shape index (κ2) is 12.6. The molecule has 0 heterocycles. The van der Waals surface area contributed by atoms with Crippen molar-refractivity contribution in [2.75, 3.05) is 18.5 Å². The molecule has 0 saturated heterocycles. The molecule has 1 N–H and O–H groups in total. The number of nitrogens with one attached hydrogen (secondary N) is 1. The number of amides is 1. The molecule has 2 rings (SSSR count). The fourth-order valence-electron chi connectivity index (χ4n) is 2.80. The van der Waals surface area contributed by atoms with Crippen LogP contribution in [0.5, 0.6) is 5.75 Å². The van der Waals surface area contributed by atoms with E-state index in [0.717, 1.165) is 31.4 Å². The second-order valence-corrected chi connectivity index (χ2v) is 6.96. The minimum absolute atomic E-state index is 0.108. The Balaban J connectivity index is 1.72. The van der Waals surface area contributed by atoms with E-state index in [-0.39, 0.29) is 11.9 Å². The van der Waals surface area contributed by atoms with Gasteiger partial charge >= 0.3 is 5.97 Å². The molecule has 5 nitrogen and oxygen atoms in total. The number of benzene rings is 2. The van der Waals surface area contributed by atoms with Crippen LogP contribution in [0.25, 0.3) is 0 Å². The third kappa shape index (κ3) is 8.38. The van der Waals surface area contributed by atoms with E-state index >= 15 is 0 Å². The summed E-state index contributed by atoms with van der Waals surface area (Å²) in [6, 6.07) is 14.9. The molecule has 0 aliphatic carbocycles. The van der Waals surface area contributed by atoms with Crippen LogP contribution < -0.4 is 10.1 Å². The Bertz CT molecular complexity index is 771. The van der Waals surface area contributed by atoms with Gasteiger partial charge in [0.2, 0.25) is 5.91 Å². The summed E-state index contributed by atoms with van der Waals surface area (Å²) in [6.07, 6.45) is 4.96. The van der Waals surface area contributed by atoms with Crippen LogP contribution in [0.1, 0.15) is 61.9 Å². The zero-order valence-electron chi connectivity index (χ0n) is 17.4. The lowest BCUT2D eigenvalue weighted by molar-refractivity contribution is -0.116. The van der Waals surface area contributed by atoms with E-state index in [9.17, 15) is 9.59 Å². The first kappa shape index (κ1) is 22.5. The quantitative estimate of drug-likeness (QED) is 0.385. The van der Waals surface area contributed by atoms with Gasteiger partial charge in [-0.3, -0.25) is 4.79 Å². The molecule has 0 saturated carbocycles. The van der Waals surface area contributed by atoms with Gasteiger partial charge in [0.25, 0.3) is 0 Å². The molecule has 0 fully saturated rings. The highest BCUT2D eigenvalue weighted by atomic mass is 16.5. The van der Waals surface area contributed by atoms with E-state index in [1.807, 2.05) is 19.1 Å². The first-order valence-corrected chi connectivity index (χ1v) is 10.4. The van der Waals surface area contributed by atoms with Crippen LogP contribution in [-0.2, 0) is 16.0 Å². The van der Waals surface area contributed by atoms with Crippen molar-refractivity contribution in [3.05, 3.63) is 59.7 Å². The highest BCUT2D eigenvalue weighted by molar-refractivity contribution is 5.94. The van der Waals surface area contributed by atoms with Crippen molar-refractivity contribution in [3.8, 4) is 5.75 Å². The molecule has 2 aromatic carbocycles. The topological polar surface area (TPSA) is 64.6 Å². The summed E-state index contributed by atoms with van der Waals surface area (Å²) in [5.74, 6) is 0.343. The third-order valence-electron chi connectivity index (χ3n) is 4.39. The molecule has 5 heteroatoms. The lowest BCUT2D eigenvalue weighted by Gasteiger charge is -2.09. The summed E-state index contributed by atoms with van der Waals surface area (Å²) in [5.41, 5.74) is 2.33. The molecule has 0 unspecified atom stereocenters. The number of hydrogen-bond donors (Lipinski definition) is 1. The average Bonchev–Trinajstić information content (AvgIpc) is 2.73. The van der Waals surface area contributed by atoms with Crippen molar-refractivity contribution in [2.45, 2.75) is 52.4 Å². The van der Waals surface area contributed by atoms with Gasteiger partial charge in [-0.25, -0.2) is 4.79 Å². The van der Waals surface area contributed by atoms with Crippen molar-refractivity contribution in [2.24, 2.45) is 0 Å². The maximum atomic E-state index is 12.1. The van der Waals surface area contributed by atoms with E-state index < -0.39 is 0 Å². The highest BCUT2D eigenvalue weighted by Gasteiger charge is 2.09. The molecule has 156 valence electrons. The van der Waals surface area contributed by atoms with Crippen LogP contribution in [0.15, 0.2) is 48.5 Å². The average molecular weight is 398 g/mol. The van der Waals surface area contributed by atoms with Gasteiger partial charge in [0.05, 0.1) is 18.8 Å². The SMILES string of the molecule is CCCCOC(=O)c1cccc(NC(=O)CCCOc2ccc(CCC)cc2)c1. The molecule has 0 aromatic heterocycles. The molecule has 0 aliphatic rings. The van der Waals surface area contributed by atoms with Gasteiger partial charge in [0.1, 0.15) is 5.75 Å². The van der Waals surface area contributed by atoms with Crippen LogP contribution in [0.4, 0.5) is 5.69 Å². The van der Waals surface area contributed by atoms with E-state index in [4.69, 9.17) is 9.47 Å². The predicted octanol–water partition coefficient (Wildman–Crippen LogP) is 5.39. The maximum Gasteiger partial charge on any atom is 0.338 e. The van der Waals surface area contributed by atoms with E-state index in [1.165, 1.54) is 5.56 Å². The van der Waals surface area contributed by atoms with Crippen LogP contribution in [0, 0.1) is 0 Å². The summed E-state index contributed by atoms with van der Waals surface area (Å²) in [5, 5.41) is 2.82. The molecule has 0 bridgehead atoms. The Hall–Kier alpha value is -2.82. The Kier molecular flexibility index (Phi) is 9.76. The molecule has 0 spiro atoms. The number of anilines is 1. The minimum Gasteiger partial charge on any atom is -0.494 e. The first-order valence-electron chi connectivity index (χ1n) is 10.4. The molecule has 1 amide bonds. The number of rotatable bonds is 12. The van der Waals surface area contributed by atoms with Gasteiger partial charge in [-0.1, -0.05) is 44.9 Å². The summed E-state index contributed by atoms with van der Waals surface area (Å²) < 4.78 is 10.9. The normalized spacial score (nSPS) is 10.4. The molecule has 29 heavy (non-hydrogen) atoms. The van der Waals surface area contributed by atoms with Crippen LogP contribution in [-0.4, -0.2) is 25.1 Å². The summed E-state index contributed by atoms with van der Waals surface area (Å²) in [4.78, 5) is 24.2. The molecule has 0 radical (unpaired) electrons. The standard InChI is InChI=1S/C24H31NO4/c1-3-5-16-29-24(27)20-9-6-10-21(18-20)25-23(26)11-7-17-28-22-14-12-19(8-4-2)13-15-22/h6,9-10,12-15,18H,3-5,7-8,11,16-17H2,1-2H3,(H,25,26). The Morgan fingerprint density at radius 2 is 1.72 bits per heavy atom. The zero-order chi connectivity index (χ0) is 20.9. The molecule has 2 aromatic rings. The monoisotopic (exact) mass is 397 g/mol. The fraction of sp³-hybridized carbons (Fsp3) is 0.417. The van der Waals surface area contributed by atoms with Gasteiger partial charge in [0.15, 0.2) is 0 Å². The lowest BCUT2D eigenvalue weighted by Crippen LogP contribution is -2.13. The Morgan fingerprint density at radius 1 is 0.931 bits per heavy atom. The largest absolute Gasteiger partial charge is 0.494 e. The maximum absolute atomic E-state index is 12.1. The molecule has 0 atom stereocenters. The van der Waals surface area contributed by atoms with Crippen molar-refractivity contribution in [1.29, 1.82) is 0 Å². The fourth-order valence-corrected chi connectivity index (χ4v) is 2.80. The molecule has 0 aliphatic heterocycles. The van der Waals surface area contributed by atoms with E-state index in [2.05, 4.69) is 24.4 Å². The summed E-state index contributed by atoms with van der Waals surface area (Å²) in [6.45, 7) is 5.08. The van der Waals surface area contributed by atoms with Crippen molar-refractivity contribution >= 4 is 17.6 Å². The summed E-state index contributed by atoms with van der Waals surface area (Å²) >= 11 is 0. The second-order valence-electron chi connectivity index (χ2n) is 6.96. The highest BCUT2D eigenvalue weighted by Crippen LogP contribution is 2.15. The number of ether oxygens (including phenoxy) is 2. The number of carbonyl (C=O) groups is 2. The van der Waals surface area contributed by atoms with Crippen molar-refractivity contribution in [1.82, 2.24) is 0 Å². The van der Waals surface area contributed by atoms with Gasteiger partial charge in [-0.15, -0.1) is 0 Å². The summed E-state index contributed by atoms with van der Waals surface area (Å²) in [7, 11) is 0. The van der Waals surface area contributed by atoms with Crippen LogP contribution in [0.2, 0.25) is 0 Å². The van der Waals surface area contributed by atoms with Crippen LogP contribution >= 0.6 is 0 Å². The predicted molar refractivity (Wildman–Crippen MR) is 115 cm³/mol. The van der Waals surface area contributed by atoms with Crippen LogP contribution in [0.3, 0.4) is 0 Å². The zero-order valence-corrected chi connectivity index (χ0v) is 17.4. The van der Waals surface area contributed by atoms with Crippen molar-refractivity contribution < 1.29 is 19.1 Å². The minimum atomic E-state index is -0.368. The number of esters is 1. The van der Waals surface area contributed by atoms with Gasteiger partial charge in [-0.05, 0) is 55.2 Å². The van der Waals surface area contributed by atoms with Gasteiger partial charge in [-0.2, -0.15) is 0 Å². The number of aryl methyl sites for hydroxylation is 1. The first-order chi connectivity index (χ1) is 14.1. The smallest absolute Gasteiger partial charge is 0.338 e. The third-order valence-corrected chi connectivity index (χ3v) is 4.39. The number of unbranched alkanes of at least 4 members (excludes halogenated alkanes) is 1. The van der Waals surface area contributed by atoms with Gasteiger partial charge < -0.3 is 14.8 Å². The van der Waals surface area contributed by atoms with E-state index in [1.54, 1.807) is 24.3 Å². The lowest BCUT2D eigenvalue weighted by atomic mass is 10.1. The Morgan fingerprint density at radius 3 is 2.45 bits per heavy atom. The Labute approximate surface area is 173 Å². The van der Waals surface area contributed by atoms with Gasteiger partial charge in [0, 0.05) is 12.1 Å². The number of carbonyl (C=O) groups excluding carboxylic acids is 2. The molecular weight excluding hydrogens is 366 g/mol. The number of hydrogen-bond acceptors (Lipinski definition) is 4. The molecular formula is C24H31NO4. The van der Waals surface area contributed by atoms with Crippen molar-refractivity contribution in [3.63, 3.8) is 0 Å². The van der Waals surface area contributed by atoms with E-state index in [0.29, 0.717) is 37.3 Å².